The second-order valence-electron chi connectivity index (χ2n) is 10.2. The fourth-order valence-electron chi connectivity index (χ4n) is 4.68. The van der Waals surface area contributed by atoms with Crippen LogP contribution in [0.5, 0.6) is 11.5 Å². The molecule has 6 heteroatoms. The van der Waals surface area contributed by atoms with Crippen molar-refractivity contribution < 1.29 is 24.2 Å². The molecule has 3 aromatic rings. The third-order valence-electron chi connectivity index (χ3n) is 6.84. The van der Waals surface area contributed by atoms with Gasteiger partial charge in [-0.25, -0.2) is 0 Å². The summed E-state index contributed by atoms with van der Waals surface area (Å²) >= 11 is 0. The number of methoxy groups -OCH3 is 1. The van der Waals surface area contributed by atoms with E-state index >= 15 is 0 Å². The number of aliphatic hydroxyl groups is 1. The minimum absolute atomic E-state index is 0.0650. The molecule has 1 atom stereocenters. The summed E-state index contributed by atoms with van der Waals surface area (Å²) in [6, 6.07) is 19.8. The number of ether oxygens (including phenoxy) is 2. The lowest BCUT2D eigenvalue weighted by Crippen LogP contribution is -2.29. The first kappa shape index (κ1) is 27.0. The van der Waals surface area contributed by atoms with Gasteiger partial charge in [0.15, 0.2) is 11.5 Å². The van der Waals surface area contributed by atoms with E-state index in [1.807, 2.05) is 68.4 Å². The van der Waals surface area contributed by atoms with Crippen LogP contribution in [0.2, 0.25) is 0 Å². The van der Waals surface area contributed by atoms with Gasteiger partial charge in [-0.15, -0.1) is 0 Å². The molecular formula is C32H35NO5. The van der Waals surface area contributed by atoms with Crippen molar-refractivity contribution >= 4 is 17.4 Å². The Bertz CT molecular complexity index is 1360. The highest BCUT2D eigenvalue weighted by Crippen LogP contribution is 2.43. The summed E-state index contributed by atoms with van der Waals surface area (Å²) < 4.78 is 11.6. The molecule has 1 unspecified atom stereocenters. The molecule has 1 fully saturated rings. The summed E-state index contributed by atoms with van der Waals surface area (Å²) in [6.45, 7) is 8.83. The Morgan fingerprint density at radius 2 is 1.71 bits per heavy atom. The Balaban J connectivity index is 1.84. The molecule has 0 spiro atoms. The first-order chi connectivity index (χ1) is 18.2. The molecule has 1 N–H and O–H groups in total. The lowest BCUT2D eigenvalue weighted by atomic mass is 9.93. The predicted molar refractivity (Wildman–Crippen MR) is 148 cm³/mol. The van der Waals surface area contributed by atoms with E-state index < -0.39 is 17.7 Å². The molecule has 1 amide bonds. The van der Waals surface area contributed by atoms with Gasteiger partial charge in [-0.1, -0.05) is 67.9 Å². The van der Waals surface area contributed by atoms with E-state index in [0.717, 1.165) is 23.1 Å². The SMILES string of the molecule is COc1cc(C2C(=C(O)c3cc(C)ccc3C)C(=O)C(=O)N2Cc2ccccc2)ccc1OCCC(C)C. The number of hydrogen-bond acceptors (Lipinski definition) is 5. The second-order valence-corrected chi connectivity index (χ2v) is 10.2. The summed E-state index contributed by atoms with van der Waals surface area (Å²) in [4.78, 5) is 28.4. The standard InChI is InChI=1S/C32H35NO5/c1-20(2)15-16-38-26-14-13-24(18-27(26)37-5)29-28(30(34)25-17-21(3)11-12-22(25)4)31(35)32(36)33(29)19-23-9-7-6-8-10-23/h6-14,17-18,20,29,34H,15-16,19H2,1-5H3. The molecule has 4 rings (SSSR count). The van der Waals surface area contributed by atoms with Gasteiger partial charge in [-0.05, 0) is 61.1 Å². The van der Waals surface area contributed by atoms with Crippen LogP contribution in [0, 0.1) is 19.8 Å². The van der Waals surface area contributed by atoms with Gasteiger partial charge in [0.1, 0.15) is 5.76 Å². The highest BCUT2D eigenvalue weighted by molar-refractivity contribution is 6.46. The van der Waals surface area contributed by atoms with Crippen LogP contribution in [0.1, 0.15) is 54.1 Å². The summed E-state index contributed by atoms with van der Waals surface area (Å²) in [5.74, 6) is 0.0571. The van der Waals surface area contributed by atoms with Crippen molar-refractivity contribution in [3.8, 4) is 11.5 Å². The van der Waals surface area contributed by atoms with Crippen LogP contribution in [0.25, 0.3) is 5.76 Å². The van der Waals surface area contributed by atoms with E-state index in [9.17, 15) is 14.7 Å². The van der Waals surface area contributed by atoms with Crippen LogP contribution in [-0.2, 0) is 16.1 Å². The number of aliphatic hydroxyl groups excluding tert-OH is 1. The van der Waals surface area contributed by atoms with Crippen LogP contribution in [-0.4, -0.2) is 35.4 Å². The van der Waals surface area contributed by atoms with Crippen LogP contribution in [0.4, 0.5) is 0 Å². The highest BCUT2D eigenvalue weighted by atomic mass is 16.5. The van der Waals surface area contributed by atoms with Crippen molar-refractivity contribution in [2.24, 2.45) is 5.92 Å². The van der Waals surface area contributed by atoms with Crippen molar-refractivity contribution in [1.82, 2.24) is 4.90 Å². The molecule has 1 aliphatic heterocycles. The van der Waals surface area contributed by atoms with Crippen molar-refractivity contribution in [2.45, 2.75) is 46.7 Å². The highest BCUT2D eigenvalue weighted by Gasteiger charge is 2.46. The Hall–Kier alpha value is -4.06. The number of carbonyl (C=O) groups excluding carboxylic acids is 2. The predicted octanol–water partition coefficient (Wildman–Crippen LogP) is 6.36. The zero-order valence-electron chi connectivity index (χ0n) is 22.7. The lowest BCUT2D eigenvalue weighted by molar-refractivity contribution is -0.140. The van der Waals surface area contributed by atoms with Crippen molar-refractivity contribution in [3.05, 3.63) is 100 Å². The molecular weight excluding hydrogens is 478 g/mol. The molecule has 0 aromatic heterocycles. The molecule has 1 aliphatic rings. The van der Waals surface area contributed by atoms with E-state index in [-0.39, 0.29) is 17.9 Å². The number of ketones is 1. The summed E-state index contributed by atoms with van der Waals surface area (Å²) in [5.41, 5.74) is 3.89. The van der Waals surface area contributed by atoms with Gasteiger partial charge < -0.3 is 19.5 Å². The van der Waals surface area contributed by atoms with Gasteiger partial charge in [0.25, 0.3) is 11.7 Å². The van der Waals surface area contributed by atoms with E-state index in [4.69, 9.17) is 9.47 Å². The average Bonchev–Trinajstić information content (AvgIpc) is 3.15. The van der Waals surface area contributed by atoms with E-state index in [2.05, 4.69) is 13.8 Å². The third kappa shape index (κ3) is 5.59. The maximum atomic E-state index is 13.5. The first-order valence-electron chi connectivity index (χ1n) is 12.9. The number of Topliss-reactive ketones (excluding diaryl/α,β-unsaturated/α-hetero) is 1. The number of aryl methyl sites for hydroxylation is 2. The van der Waals surface area contributed by atoms with Gasteiger partial charge in [0.05, 0.1) is 25.3 Å². The number of nitrogens with zero attached hydrogens (tertiary/aromatic N) is 1. The van der Waals surface area contributed by atoms with E-state index in [1.54, 1.807) is 19.2 Å². The number of hydrogen-bond donors (Lipinski definition) is 1. The fraction of sp³-hybridized carbons (Fsp3) is 0.312. The van der Waals surface area contributed by atoms with Crippen LogP contribution in [0.3, 0.4) is 0 Å². The summed E-state index contributed by atoms with van der Waals surface area (Å²) in [6.07, 6.45) is 0.901. The van der Waals surface area contributed by atoms with Crippen LogP contribution in [0.15, 0.2) is 72.3 Å². The molecule has 1 saturated heterocycles. The number of likely N-dealkylation sites (tertiary alicyclic amines) is 1. The quantitative estimate of drug-likeness (QED) is 0.205. The maximum Gasteiger partial charge on any atom is 0.295 e. The minimum atomic E-state index is -0.797. The van der Waals surface area contributed by atoms with Gasteiger partial charge in [-0.3, -0.25) is 9.59 Å². The number of carbonyl (C=O) groups is 2. The molecule has 0 saturated carbocycles. The van der Waals surface area contributed by atoms with E-state index in [1.165, 1.54) is 4.90 Å². The average molecular weight is 514 g/mol. The fourth-order valence-corrected chi connectivity index (χ4v) is 4.68. The van der Waals surface area contributed by atoms with Crippen LogP contribution < -0.4 is 9.47 Å². The molecule has 6 nitrogen and oxygen atoms in total. The zero-order valence-corrected chi connectivity index (χ0v) is 22.7. The second kappa shape index (κ2) is 11.5. The maximum absolute atomic E-state index is 13.5. The largest absolute Gasteiger partial charge is 0.507 e. The molecule has 1 heterocycles. The Morgan fingerprint density at radius 1 is 0.974 bits per heavy atom. The monoisotopic (exact) mass is 513 g/mol. The van der Waals surface area contributed by atoms with Gasteiger partial charge in [0.2, 0.25) is 0 Å². The van der Waals surface area contributed by atoms with Gasteiger partial charge in [0, 0.05) is 12.1 Å². The number of benzene rings is 3. The van der Waals surface area contributed by atoms with Gasteiger partial charge in [-0.2, -0.15) is 0 Å². The minimum Gasteiger partial charge on any atom is -0.507 e. The smallest absolute Gasteiger partial charge is 0.295 e. The first-order valence-corrected chi connectivity index (χ1v) is 12.9. The molecule has 0 radical (unpaired) electrons. The Labute approximate surface area is 224 Å². The molecule has 3 aromatic carbocycles. The zero-order chi connectivity index (χ0) is 27.4. The third-order valence-corrected chi connectivity index (χ3v) is 6.84. The Kier molecular flexibility index (Phi) is 8.20. The summed E-state index contributed by atoms with van der Waals surface area (Å²) in [7, 11) is 1.56. The van der Waals surface area contributed by atoms with Crippen LogP contribution >= 0.6 is 0 Å². The van der Waals surface area contributed by atoms with Crippen molar-refractivity contribution in [2.75, 3.05) is 13.7 Å². The summed E-state index contributed by atoms with van der Waals surface area (Å²) in [5, 5.41) is 11.5. The molecule has 38 heavy (non-hydrogen) atoms. The van der Waals surface area contributed by atoms with E-state index in [0.29, 0.717) is 35.2 Å². The number of rotatable bonds is 9. The molecule has 0 bridgehead atoms. The number of amides is 1. The lowest BCUT2D eigenvalue weighted by Gasteiger charge is -2.26. The van der Waals surface area contributed by atoms with Crippen molar-refractivity contribution in [1.29, 1.82) is 0 Å². The Morgan fingerprint density at radius 3 is 2.39 bits per heavy atom. The topological polar surface area (TPSA) is 76.1 Å². The van der Waals surface area contributed by atoms with Crippen molar-refractivity contribution in [3.63, 3.8) is 0 Å². The molecule has 198 valence electrons. The molecule has 0 aliphatic carbocycles. The normalized spacial score (nSPS) is 16.8. The van der Waals surface area contributed by atoms with Gasteiger partial charge >= 0.3 is 0 Å².